The van der Waals surface area contributed by atoms with Gasteiger partial charge in [0.15, 0.2) is 3.92 Å². The summed E-state index contributed by atoms with van der Waals surface area (Å²) in [4.78, 5) is 13.6. The summed E-state index contributed by atoms with van der Waals surface area (Å²) < 4.78 is 3.99. The van der Waals surface area contributed by atoms with Crippen molar-refractivity contribution in [1.82, 2.24) is 9.36 Å². The Morgan fingerprint density at radius 2 is 2.44 bits per heavy atom. The molecule has 0 bridgehead atoms. The first-order chi connectivity index (χ1) is 4.20. The van der Waals surface area contributed by atoms with E-state index in [1.54, 1.807) is 0 Å². The highest BCUT2D eigenvalue weighted by Gasteiger charge is 2.07. The van der Waals surface area contributed by atoms with E-state index in [0.717, 1.165) is 11.5 Å². The van der Waals surface area contributed by atoms with E-state index in [2.05, 4.69) is 25.3 Å². The molecule has 0 saturated carbocycles. The van der Waals surface area contributed by atoms with Gasteiger partial charge in [-0.3, -0.25) is 0 Å². The SMILES string of the molecule is O=C(O)c1nsc(Br)n1. The monoisotopic (exact) mass is 208 g/mol. The molecule has 0 aromatic carbocycles. The molecule has 1 rings (SSSR count). The van der Waals surface area contributed by atoms with E-state index in [1.807, 2.05) is 0 Å². The summed E-state index contributed by atoms with van der Waals surface area (Å²) in [5.74, 6) is -1.26. The highest BCUT2D eigenvalue weighted by atomic mass is 79.9. The summed E-state index contributed by atoms with van der Waals surface area (Å²) in [6.07, 6.45) is 0. The number of carbonyl (C=O) groups is 1. The summed E-state index contributed by atoms with van der Waals surface area (Å²) in [5, 5.41) is 8.26. The topological polar surface area (TPSA) is 63.1 Å². The largest absolute Gasteiger partial charge is 0.475 e. The summed E-state index contributed by atoms with van der Waals surface area (Å²) >= 11 is 3.99. The van der Waals surface area contributed by atoms with Gasteiger partial charge in [-0.25, -0.2) is 9.78 Å². The number of aromatic nitrogens is 2. The minimum Gasteiger partial charge on any atom is -0.475 e. The molecule has 4 nitrogen and oxygen atoms in total. The highest BCUT2D eigenvalue weighted by molar-refractivity contribution is 9.11. The number of hydrogen-bond acceptors (Lipinski definition) is 4. The molecule has 0 amide bonds. The van der Waals surface area contributed by atoms with Crippen LogP contribution in [0.2, 0.25) is 0 Å². The van der Waals surface area contributed by atoms with E-state index >= 15 is 0 Å². The fraction of sp³-hybridized carbons (Fsp3) is 0. The number of carboxylic acid groups (broad SMARTS) is 1. The lowest BCUT2D eigenvalue weighted by Crippen LogP contribution is -1.97. The van der Waals surface area contributed by atoms with Crippen LogP contribution < -0.4 is 0 Å². The minimum atomic E-state index is -1.10. The Labute approximate surface area is 62.8 Å². The van der Waals surface area contributed by atoms with Gasteiger partial charge in [0.2, 0.25) is 0 Å². The number of carboxylic acids is 1. The fourth-order valence-corrected chi connectivity index (χ4v) is 1.08. The maximum atomic E-state index is 10.1. The smallest absolute Gasteiger partial charge is 0.375 e. The molecule has 1 aromatic rings. The fourth-order valence-electron chi connectivity index (χ4n) is 0.292. The molecular weight excluding hydrogens is 208 g/mol. The van der Waals surface area contributed by atoms with Crippen molar-refractivity contribution in [2.24, 2.45) is 0 Å². The Morgan fingerprint density at radius 3 is 2.67 bits per heavy atom. The maximum Gasteiger partial charge on any atom is 0.375 e. The van der Waals surface area contributed by atoms with Gasteiger partial charge in [0.25, 0.3) is 5.82 Å². The second-order valence-electron chi connectivity index (χ2n) is 1.18. The predicted molar refractivity (Wildman–Crippen MR) is 34.6 cm³/mol. The minimum absolute atomic E-state index is 0.160. The van der Waals surface area contributed by atoms with Gasteiger partial charge in [0.1, 0.15) is 0 Å². The lowest BCUT2D eigenvalue weighted by atomic mass is 10.7. The molecule has 0 aliphatic heterocycles. The zero-order valence-corrected chi connectivity index (χ0v) is 6.44. The van der Waals surface area contributed by atoms with Crippen molar-refractivity contribution in [1.29, 1.82) is 0 Å². The van der Waals surface area contributed by atoms with Crippen LogP contribution in [0.25, 0.3) is 0 Å². The Kier molecular flexibility index (Phi) is 1.77. The number of aromatic carboxylic acids is 1. The first kappa shape index (κ1) is 6.63. The molecule has 0 atom stereocenters. The van der Waals surface area contributed by atoms with Crippen molar-refractivity contribution in [3.05, 3.63) is 9.74 Å². The highest BCUT2D eigenvalue weighted by Crippen LogP contribution is 2.11. The number of halogens is 1. The second kappa shape index (κ2) is 2.40. The predicted octanol–water partition coefficient (Wildman–Crippen LogP) is 0.999. The summed E-state index contributed by atoms with van der Waals surface area (Å²) in [6.45, 7) is 0. The van der Waals surface area contributed by atoms with Crippen molar-refractivity contribution in [3.8, 4) is 0 Å². The van der Waals surface area contributed by atoms with E-state index < -0.39 is 5.97 Å². The first-order valence-electron chi connectivity index (χ1n) is 1.92. The van der Waals surface area contributed by atoms with E-state index in [4.69, 9.17) is 5.11 Å². The zero-order chi connectivity index (χ0) is 6.85. The Morgan fingerprint density at radius 1 is 1.78 bits per heavy atom. The van der Waals surface area contributed by atoms with Crippen LogP contribution in [0, 0.1) is 0 Å². The molecule has 0 fully saturated rings. The molecule has 0 unspecified atom stereocenters. The summed E-state index contributed by atoms with van der Waals surface area (Å²) in [7, 11) is 0. The Balaban J connectivity index is 2.98. The van der Waals surface area contributed by atoms with Gasteiger partial charge in [0, 0.05) is 0 Å². The van der Waals surface area contributed by atoms with Crippen molar-refractivity contribution in [3.63, 3.8) is 0 Å². The van der Waals surface area contributed by atoms with Crippen LogP contribution >= 0.6 is 27.5 Å². The van der Waals surface area contributed by atoms with E-state index in [1.165, 1.54) is 0 Å². The molecule has 1 N–H and O–H groups in total. The first-order valence-corrected chi connectivity index (χ1v) is 3.49. The molecule has 6 heteroatoms. The molecule has 0 saturated heterocycles. The van der Waals surface area contributed by atoms with Crippen LogP contribution in [0.3, 0.4) is 0 Å². The van der Waals surface area contributed by atoms with Crippen molar-refractivity contribution in [2.45, 2.75) is 0 Å². The lowest BCUT2D eigenvalue weighted by molar-refractivity contribution is 0.0685. The number of rotatable bonds is 1. The standard InChI is InChI=1S/C3HBrN2O2S/c4-3-5-1(2(7)8)6-9-3/h(H,7,8). The number of nitrogens with zero attached hydrogens (tertiary/aromatic N) is 2. The zero-order valence-electron chi connectivity index (χ0n) is 4.04. The van der Waals surface area contributed by atoms with E-state index in [-0.39, 0.29) is 5.82 Å². The van der Waals surface area contributed by atoms with Crippen LogP contribution in [0.4, 0.5) is 0 Å². The molecule has 1 aromatic heterocycles. The molecule has 1 heterocycles. The van der Waals surface area contributed by atoms with Gasteiger partial charge >= 0.3 is 5.97 Å². The quantitative estimate of drug-likeness (QED) is 0.749. The number of hydrogen-bond donors (Lipinski definition) is 1. The van der Waals surface area contributed by atoms with E-state index in [0.29, 0.717) is 3.92 Å². The van der Waals surface area contributed by atoms with E-state index in [9.17, 15) is 4.79 Å². The normalized spacial score (nSPS) is 9.44. The molecule has 0 aliphatic carbocycles. The van der Waals surface area contributed by atoms with Gasteiger partial charge in [-0.2, -0.15) is 4.37 Å². The second-order valence-corrected chi connectivity index (χ2v) is 3.20. The van der Waals surface area contributed by atoms with Gasteiger partial charge in [-0.1, -0.05) is 0 Å². The van der Waals surface area contributed by atoms with Gasteiger partial charge in [0.05, 0.1) is 0 Å². The van der Waals surface area contributed by atoms with Crippen LogP contribution in [0.15, 0.2) is 3.92 Å². The molecule has 0 spiro atoms. The molecule has 0 aliphatic rings. The van der Waals surface area contributed by atoms with Crippen molar-refractivity contribution in [2.75, 3.05) is 0 Å². The average molecular weight is 209 g/mol. The van der Waals surface area contributed by atoms with Crippen LogP contribution in [-0.2, 0) is 0 Å². The molecule has 0 radical (unpaired) electrons. The van der Waals surface area contributed by atoms with Gasteiger partial charge in [-0.15, -0.1) is 0 Å². The third kappa shape index (κ3) is 1.46. The van der Waals surface area contributed by atoms with Crippen LogP contribution in [-0.4, -0.2) is 20.4 Å². The Hall–Kier alpha value is -0.490. The average Bonchev–Trinajstić information content (AvgIpc) is 2.14. The van der Waals surface area contributed by atoms with Gasteiger partial charge < -0.3 is 5.11 Å². The third-order valence-electron chi connectivity index (χ3n) is 0.593. The van der Waals surface area contributed by atoms with Crippen molar-refractivity contribution >= 4 is 33.4 Å². The molecule has 9 heavy (non-hydrogen) atoms. The molecular formula is C3HBrN2O2S. The summed E-state index contributed by atoms with van der Waals surface area (Å²) in [5.41, 5.74) is 0. The van der Waals surface area contributed by atoms with Crippen LogP contribution in [0.1, 0.15) is 10.6 Å². The maximum absolute atomic E-state index is 10.1. The lowest BCUT2D eigenvalue weighted by Gasteiger charge is -1.76. The molecule has 48 valence electrons. The van der Waals surface area contributed by atoms with Crippen LogP contribution in [0.5, 0.6) is 0 Å². The summed E-state index contributed by atoms with van der Waals surface area (Å²) in [6, 6.07) is 0. The Bertz CT molecular complexity index is 235. The van der Waals surface area contributed by atoms with Gasteiger partial charge in [-0.05, 0) is 27.5 Å². The van der Waals surface area contributed by atoms with Crippen molar-refractivity contribution < 1.29 is 9.90 Å². The third-order valence-corrected chi connectivity index (χ3v) is 1.71.